The van der Waals surface area contributed by atoms with Crippen LogP contribution in [0.4, 0.5) is 29.2 Å². The van der Waals surface area contributed by atoms with Crippen LogP contribution >= 0.6 is 0 Å². The molecule has 0 amide bonds. The molecule has 0 fully saturated rings. The maximum atomic E-state index is 12.9. The zero-order valence-electron chi connectivity index (χ0n) is 13.2. The molecule has 3 heterocycles. The van der Waals surface area contributed by atoms with Gasteiger partial charge in [-0.15, -0.1) is 0 Å². The largest absolute Gasteiger partial charge is 0.464 e. The zero-order chi connectivity index (χ0) is 18.9. The summed E-state index contributed by atoms with van der Waals surface area (Å²) in [6, 6.07) is 3.60. The van der Waals surface area contributed by atoms with E-state index in [-0.39, 0.29) is 28.2 Å². The average molecular weight is 369 g/mol. The molecule has 7 nitrogen and oxygen atoms in total. The van der Waals surface area contributed by atoms with Gasteiger partial charge in [0.15, 0.2) is 11.5 Å². The number of fused-ring (bicyclic) bond motifs is 1. The van der Waals surface area contributed by atoms with Gasteiger partial charge in [0.1, 0.15) is 18.2 Å². The van der Waals surface area contributed by atoms with Gasteiger partial charge in [0.25, 0.3) is 0 Å². The molecule has 1 N–H and O–H groups in total. The summed E-state index contributed by atoms with van der Waals surface area (Å²) in [7, 11) is 1.13. The van der Waals surface area contributed by atoms with Crippen LogP contribution in [0.5, 0.6) is 0 Å². The lowest BCUT2D eigenvalue weighted by atomic mass is 10.2. The van der Waals surface area contributed by atoms with E-state index in [1.807, 2.05) is 0 Å². The second-order valence-corrected chi connectivity index (χ2v) is 5.19. The van der Waals surface area contributed by atoms with Gasteiger partial charge in [-0.2, -0.15) is 18.3 Å². The van der Waals surface area contributed by atoms with E-state index in [4.69, 9.17) is 0 Å². The number of anilines is 2. The highest BCUT2D eigenvalue weighted by molar-refractivity contribution is 5.96. The SMILES string of the molecule is COC(=O)c1cc2c(cn1)c(Nc1ccc(F)cn1)nn2CC(F)(F)F. The van der Waals surface area contributed by atoms with Gasteiger partial charge in [-0.3, -0.25) is 4.68 Å². The fourth-order valence-electron chi connectivity index (χ4n) is 2.24. The van der Waals surface area contributed by atoms with E-state index in [1.165, 1.54) is 12.3 Å². The van der Waals surface area contributed by atoms with Gasteiger partial charge in [0, 0.05) is 6.20 Å². The molecule has 3 aromatic rings. The number of alkyl halides is 3. The summed E-state index contributed by atoms with van der Waals surface area (Å²) in [5.41, 5.74) is -0.128. The quantitative estimate of drug-likeness (QED) is 0.562. The smallest absolute Gasteiger partial charge is 0.408 e. The summed E-state index contributed by atoms with van der Waals surface area (Å²) in [6.45, 7) is -1.37. The van der Waals surface area contributed by atoms with Crippen LogP contribution in [0.1, 0.15) is 10.5 Å². The number of methoxy groups -OCH3 is 1. The minimum atomic E-state index is -4.53. The van der Waals surface area contributed by atoms with E-state index in [0.717, 1.165) is 25.4 Å². The Balaban J connectivity index is 2.07. The Labute approximate surface area is 143 Å². The van der Waals surface area contributed by atoms with Crippen LogP contribution < -0.4 is 5.32 Å². The van der Waals surface area contributed by atoms with Crippen LogP contribution in [0.25, 0.3) is 10.9 Å². The molecule has 0 saturated carbocycles. The zero-order valence-corrected chi connectivity index (χ0v) is 13.2. The van der Waals surface area contributed by atoms with Crippen LogP contribution in [0.3, 0.4) is 0 Å². The maximum absolute atomic E-state index is 12.9. The normalized spacial score (nSPS) is 11.6. The molecule has 0 radical (unpaired) electrons. The van der Waals surface area contributed by atoms with Gasteiger partial charge >= 0.3 is 12.1 Å². The summed E-state index contributed by atoms with van der Waals surface area (Å²) in [5.74, 6) is -1.14. The molecule has 0 aliphatic carbocycles. The molecule has 0 atom stereocenters. The molecule has 0 spiro atoms. The number of carbonyl (C=O) groups is 1. The van der Waals surface area contributed by atoms with Crippen molar-refractivity contribution in [2.45, 2.75) is 12.7 Å². The van der Waals surface area contributed by atoms with E-state index in [2.05, 4.69) is 25.1 Å². The number of hydrogen-bond donors (Lipinski definition) is 1. The van der Waals surface area contributed by atoms with E-state index in [0.29, 0.717) is 4.68 Å². The second kappa shape index (κ2) is 6.58. The monoisotopic (exact) mass is 369 g/mol. The first-order chi connectivity index (χ1) is 12.3. The van der Waals surface area contributed by atoms with Crippen LogP contribution in [-0.2, 0) is 11.3 Å². The predicted molar refractivity (Wildman–Crippen MR) is 82.4 cm³/mol. The van der Waals surface area contributed by atoms with Crippen LogP contribution in [0.2, 0.25) is 0 Å². The van der Waals surface area contributed by atoms with Crippen molar-refractivity contribution in [3.8, 4) is 0 Å². The van der Waals surface area contributed by atoms with Gasteiger partial charge in [-0.1, -0.05) is 0 Å². The number of hydrogen-bond acceptors (Lipinski definition) is 6. The number of rotatable bonds is 4. The van der Waals surface area contributed by atoms with Crippen LogP contribution in [-0.4, -0.2) is 39.0 Å². The minimum absolute atomic E-state index is 0.0299. The fourth-order valence-corrected chi connectivity index (χ4v) is 2.24. The molecule has 0 bridgehead atoms. The van der Waals surface area contributed by atoms with Crippen molar-refractivity contribution >= 4 is 28.5 Å². The number of nitrogens with one attached hydrogen (secondary N) is 1. The number of halogens is 4. The molecule has 0 aromatic carbocycles. The van der Waals surface area contributed by atoms with Gasteiger partial charge in [-0.25, -0.2) is 19.2 Å². The van der Waals surface area contributed by atoms with Gasteiger partial charge in [-0.05, 0) is 18.2 Å². The Morgan fingerprint density at radius 2 is 2.04 bits per heavy atom. The Hall–Kier alpha value is -3.24. The molecule has 136 valence electrons. The highest BCUT2D eigenvalue weighted by Gasteiger charge is 2.30. The summed E-state index contributed by atoms with van der Waals surface area (Å²) >= 11 is 0. The highest BCUT2D eigenvalue weighted by atomic mass is 19.4. The number of ether oxygens (including phenoxy) is 1. The lowest BCUT2D eigenvalue weighted by molar-refractivity contribution is -0.141. The third kappa shape index (κ3) is 3.71. The van der Waals surface area contributed by atoms with Crippen LogP contribution in [0, 0.1) is 5.82 Å². The third-order valence-corrected chi connectivity index (χ3v) is 3.33. The molecule has 0 saturated heterocycles. The molecule has 3 rings (SSSR count). The molecule has 0 aliphatic rings. The topological polar surface area (TPSA) is 81.9 Å². The first kappa shape index (κ1) is 17.6. The van der Waals surface area contributed by atoms with Crippen LogP contribution in [0.15, 0.2) is 30.6 Å². The number of esters is 1. The van der Waals surface area contributed by atoms with Crippen molar-refractivity contribution in [1.29, 1.82) is 0 Å². The Morgan fingerprint density at radius 3 is 2.65 bits per heavy atom. The van der Waals surface area contributed by atoms with Crippen molar-refractivity contribution in [3.63, 3.8) is 0 Å². The summed E-state index contributed by atoms with van der Waals surface area (Å²) < 4.78 is 56.6. The Bertz CT molecular complexity index is 953. The van der Waals surface area contributed by atoms with Crippen molar-refractivity contribution in [3.05, 3.63) is 42.1 Å². The third-order valence-electron chi connectivity index (χ3n) is 3.33. The fraction of sp³-hybridized carbons (Fsp3) is 0.200. The molecule has 3 aromatic heterocycles. The van der Waals surface area contributed by atoms with Crippen molar-refractivity contribution < 1.29 is 27.1 Å². The van der Waals surface area contributed by atoms with Crippen molar-refractivity contribution in [2.75, 3.05) is 12.4 Å². The van der Waals surface area contributed by atoms with Gasteiger partial charge < -0.3 is 10.1 Å². The van der Waals surface area contributed by atoms with E-state index in [1.54, 1.807) is 0 Å². The van der Waals surface area contributed by atoms with Gasteiger partial charge in [0.05, 0.1) is 24.2 Å². The van der Waals surface area contributed by atoms with Gasteiger partial charge in [0.2, 0.25) is 0 Å². The number of carbonyl (C=O) groups excluding carboxylic acids is 1. The second-order valence-electron chi connectivity index (χ2n) is 5.19. The minimum Gasteiger partial charge on any atom is -0.464 e. The Kier molecular flexibility index (Phi) is 4.45. The van der Waals surface area contributed by atoms with Crippen molar-refractivity contribution in [2.24, 2.45) is 0 Å². The summed E-state index contributed by atoms with van der Waals surface area (Å²) in [6.07, 6.45) is -2.38. The predicted octanol–water partition coefficient (Wildman–Crippen LogP) is 3.06. The van der Waals surface area contributed by atoms with Crippen molar-refractivity contribution in [1.82, 2.24) is 19.7 Å². The summed E-state index contributed by atoms with van der Waals surface area (Å²) in [4.78, 5) is 19.2. The average Bonchev–Trinajstić information content (AvgIpc) is 2.91. The number of aromatic nitrogens is 4. The molecule has 26 heavy (non-hydrogen) atoms. The lowest BCUT2D eigenvalue weighted by Crippen LogP contribution is -2.18. The molecular formula is C15H11F4N5O2. The maximum Gasteiger partial charge on any atom is 0.408 e. The number of nitrogens with zero attached hydrogens (tertiary/aromatic N) is 4. The molecule has 11 heteroatoms. The standard InChI is InChI=1S/C15H11F4N5O2/c1-26-14(25)10-4-11-9(6-20-10)13(23-24(11)7-15(17,18)19)22-12-3-2-8(16)5-21-12/h2-6H,7H2,1H3,(H,21,22,23). The highest BCUT2D eigenvalue weighted by Crippen LogP contribution is 2.28. The van der Waals surface area contributed by atoms with E-state index in [9.17, 15) is 22.4 Å². The van der Waals surface area contributed by atoms with E-state index < -0.39 is 24.5 Å². The Morgan fingerprint density at radius 1 is 1.27 bits per heavy atom. The molecule has 0 aliphatic heterocycles. The first-order valence-electron chi connectivity index (χ1n) is 7.17. The molecular weight excluding hydrogens is 358 g/mol. The molecule has 0 unspecified atom stereocenters. The lowest BCUT2D eigenvalue weighted by Gasteiger charge is -2.07. The van der Waals surface area contributed by atoms with E-state index >= 15 is 0 Å². The number of pyridine rings is 2. The first-order valence-corrected chi connectivity index (χ1v) is 7.17. The summed E-state index contributed by atoms with van der Waals surface area (Å²) in [5, 5.41) is 6.82.